The molecule has 0 radical (unpaired) electrons. The number of anilines is 1. The van der Waals surface area contributed by atoms with Gasteiger partial charge in [-0.05, 0) is 23.6 Å². The number of halogens is 2. The Morgan fingerprint density at radius 2 is 1.63 bits per heavy atom. The van der Waals surface area contributed by atoms with Gasteiger partial charge in [0, 0.05) is 10.4 Å². The van der Waals surface area contributed by atoms with Crippen LogP contribution in [0.3, 0.4) is 0 Å². The smallest absolute Gasteiger partial charge is 0.259 e. The molecule has 152 valence electrons. The Balaban J connectivity index is 1.61. The second kappa shape index (κ2) is 9.31. The molecule has 2 aromatic carbocycles. The van der Waals surface area contributed by atoms with Crippen LogP contribution in [0.1, 0.15) is 28.6 Å². The third-order valence-electron chi connectivity index (χ3n) is 4.56. The number of thiazole rings is 1. The fraction of sp³-hybridized carbons (Fsp3) is 0.130. The number of aryl methyl sites for hydroxylation is 1. The van der Waals surface area contributed by atoms with Crippen LogP contribution in [0.15, 0.2) is 60.7 Å². The van der Waals surface area contributed by atoms with E-state index in [1.807, 2.05) is 18.2 Å². The fourth-order valence-electron chi connectivity index (χ4n) is 3.14. The minimum atomic E-state index is -0.300. The van der Waals surface area contributed by atoms with E-state index in [1.165, 1.54) is 28.2 Å². The van der Waals surface area contributed by atoms with Gasteiger partial charge >= 0.3 is 0 Å². The SMILES string of the molecule is CCCc1sc(NC(=O)c2cc(Cl)sc2Cl)nc1-c1ccc(-c2ccccc2)cc1. The average Bonchev–Trinajstić information content (AvgIpc) is 3.31. The van der Waals surface area contributed by atoms with Gasteiger partial charge in [0.1, 0.15) is 4.34 Å². The molecule has 2 heterocycles. The molecule has 7 heteroatoms. The summed E-state index contributed by atoms with van der Waals surface area (Å²) in [6, 6.07) is 20.2. The van der Waals surface area contributed by atoms with Crippen molar-refractivity contribution in [1.29, 1.82) is 0 Å². The van der Waals surface area contributed by atoms with Gasteiger partial charge in [0.25, 0.3) is 5.91 Å². The van der Waals surface area contributed by atoms with E-state index in [-0.39, 0.29) is 5.91 Å². The summed E-state index contributed by atoms with van der Waals surface area (Å²) in [4.78, 5) is 18.4. The molecule has 30 heavy (non-hydrogen) atoms. The molecular weight excluding hydrogens is 455 g/mol. The van der Waals surface area contributed by atoms with Crippen molar-refractivity contribution < 1.29 is 4.79 Å². The Bertz CT molecular complexity index is 1170. The highest BCUT2D eigenvalue weighted by Crippen LogP contribution is 2.35. The van der Waals surface area contributed by atoms with Crippen LogP contribution in [0, 0.1) is 0 Å². The molecule has 0 aliphatic rings. The lowest BCUT2D eigenvalue weighted by Gasteiger charge is -2.05. The second-order valence-corrected chi connectivity index (χ2v) is 10.0. The number of amides is 1. The van der Waals surface area contributed by atoms with E-state index in [0.29, 0.717) is 19.4 Å². The van der Waals surface area contributed by atoms with E-state index in [0.717, 1.165) is 34.5 Å². The number of hydrogen-bond donors (Lipinski definition) is 1. The molecule has 0 aliphatic carbocycles. The van der Waals surface area contributed by atoms with Crippen LogP contribution >= 0.6 is 45.9 Å². The summed E-state index contributed by atoms with van der Waals surface area (Å²) in [7, 11) is 0. The first kappa shape index (κ1) is 21.1. The van der Waals surface area contributed by atoms with E-state index < -0.39 is 0 Å². The van der Waals surface area contributed by atoms with E-state index in [2.05, 4.69) is 48.6 Å². The average molecular weight is 473 g/mol. The predicted octanol–water partition coefficient (Wildman–Crippen LogP) is 8.05. The van der Waals surface area contributed by atoms with E-state index in [9.17, 15) is 4.79 Å². The van der Waals surface area contributed by atoms with Gasteiger partial charge in [-0.25, -0.2) is 4.98 Å². The van der Waals surface area contributed by atoms with Crippen molar-refractivity contribution in [2.75, 3.05) is 5.32 Å². The van der Waals surface area contributed by atoms with Gasteiger partial charge in [-0.15, -0.1) is 22.7 Å². The van der Waals surface area contributed by atoms with Crippen molar-refractivity contribution in [2.45, 2.75) is 19.8 Å². The number of nitrogens with one attached hydrogen (secondary N) is 1. The summed E-state index contributed by atoms with van der Waals surface area (Å²) < 4.78 is 0.856. The molecule has 1 amide bonds. The van der Waals surface area contributed by atoms with Crippen LogP contribution in [0.5, 0.6) is 0 Å². The van der Waals surface area contributed by atoms with Gasteiger partial charge in [0.15, 0.2) is 5.13 Å². The van der Waals surface area contributed by atoms with Crippen molar-refractivity contribution in [3.8, 4) is 22.4 Å². The summed E-state index contributed by atoms with van der Waals surface area (Å²) in [5.74, 6) is -0.300. The fourth-order valence-corrected chi connectivity index (χ4v) is 5.68. The molecule has 3 nitrogen and oxygen atoms in total. The topological polar surface area (TPSA) is 42.0 Å². The number of aromatic nitrogens is 1. The van der Waals surface area contributed by atoms with Gasteiger partial charge < -0.3 is 0 Å². The van der Waals surface area contributed by atoms with Crippen LogP contribution in [0.4, 0.5) is 5.13 Å². The van der Waals surface area contributed by atoms with Crippen molar-refractivity contribution in [3.05, 3.63) is 79.8 Å². The molecule has 4 rings (SSSR count). The number of rotatable bonds is 6. The molecule has 1 N–H and O–H groups in total. The molecule has 0 aliphatic heterocycles. The Hall–Kier alpha value is -2.18. The minimum Gasteiger partial charge on any atom is -0.298 e. The van der Waals surface area contributed by atoms with Gasteiger partial charge in [-0.1, -0.05) is 91.1 Å². The molecule has 0 fully saturated rings. The quantitative estimate of drug-likeness (QED) is 0.308. The van der Waals surface area contributed by atoms with Crippen molar-refractivity contribution in [2.24, 2.45) is 0 Å². The summed E-state index contributed by atoms with van der Waals surface area (Å²) in [5, 5.41) is 3.43. The van der Waals surface area contributed by atoms with Gasteiger partial charge in [-0.3, -0.25) is 10.1 Å². The van der Waals surface area contributed by atoms with Crippen LogP contribution < -0.4 is 5.32 Å². The number of benzene rings is 2. The minimum absolute atomic E-state index is 0.300. The van der Waals surface area contributed by atoms with E-state index in [1.54, 1.807) is 6.07 Å². The van der Waals surface area contributed by atoms with Crippen molar-refractivity contribution in [1.82, 2.24) is 4.98 Å². The van der Waals surface area contributed by atoms with Crippen LogP contribution in [0.2, 0.25) is 8.67 Å². The summed E-state index contributed by atoms with van der Waals surface area (Å²) >= 11 is 14.7. The molecule has 0 unspecified atom stereocenters. The number of hydrogen-bond acceptors (Lipinski definition) is 4. The third-order valence-corrected chi connectivity index (χ3v) is 7.08. The first-order valence-corrected chi connectivity index (χ1v) is 11.9. The van der Waals surface area contributed by atoms with Gasteiger partial charge in [0.2, 0.25) is 0 Å². The Kier molecular flexibility index (Phi) is 6.54. The van der Waals surface area contributed by atoms with Crippen LogP contribution in [-0.4, -0.2) is 10.9 Å². The van der Waals surface area contributed by atoms with Crippen LogP contribution in [0.25, 0.3) is 22.4 Å². The largest absolute Gasteiger partial charge is 0.298 e. The normalized spacial score (nSPS) is 10.9. The first-order chi connectivity index (χ1) is 14.5. The summed E-state index contributed by atoms with van der Waals surface area (Å²) in [6.45, 7) is 2.13. The highest BCUT2D eigenvalue weighted by molar-refractivity contribution is 7.20. The second-order valence-electron chi connectivity index (χ2n) is 6.68. The maximum atomic E-state index is 12.6. The summed E-state index contributed by atoms with van der Waals surface area (Å²) in [6.07, 6.45) is 1.89. The van der Waals surface area contributed by atoms with Crippen molar-refractivity contribution >= 4 is 56.9 Å². The molecular formula is C23H18Cl2N2OS2. The standard InChI is InChI=1S/C23H18Cl2N2OS2/c1-2-6-18-20(16-11-9-15(10-12-16)14-7-4-3-5-8-14)26-23(29-18)27-22(28)17-13-19(24)30-21(17)25/h3-5,7-13H,2,6H2,1H3,(H,26,27,28). The number of nitrogens with zero attached hydrogens (tertiary/aromatic N) is 1. The lowest BCUT2D eigenvalue weighted by atomic mass is 10.0. The zero-order valence-corrected chi connectivity index (χ0v) is 19.3. The van der Waals surface area contributed by atoms with Crippen LogP contribution in [-0.2, 0) is 6.42 Å². The number of thiophene rings is 1. The van der Waals surface area contributed by atoms with E-state index >= 15 is 0 Å². The molecule has 2 aromatic heterocycles. The molecule has 0 saturated heterocycles. The highest BCUT2D eigenvalue weighted by Gasteiger charge is 2.18. The molecule has 0 saturated carbocycles. The molecule has 0 spiro atoms. The van der Waals surface area contributed by atoms with Gasteiger partial charge in [0.05, 0.1) is 15.6 Å². The lowest BCUT2D eigenvalue weighted by Crippen LogP contribution is -2.11. The third kappa shape index (κ3) is 4.60. The first-order valence-electron chi connectivity index (χ1n) is 9.47. The zero-order chi connectivity index (χ0) is 21.1. The molecule has 0 atom stereocenters. The molecule has 4 aromatic rings. The Morgan fingerprint density at radius 1 is 0.967 bits per heavy atom. The monoisotopic (exact) mass is 472 g/mol. The molecule has 0 bridgehead atoms. The maximum absolute atomic E-state index is 12.6. The Morgan fingerprint density at radius 3 is 2.27 bits per heavy atom. The van der Waals surface area contributed by atoms with Crippen molar-refractivity contribution in [3.63, 3.8) is 0 Å². The number of carbonyl (C=O) groups is 1. The predicted molar refractivity (Wildman–Crippen MR) is 129 cm³/mol. The highest BCUT2D eigenvalue weighted by atomic mass is 35.5. The maximum Gasteiger partial charge on any atom is 0.259 e. The van der Waals surface area contributed by atoms with Gasteiger partial charge in [-0.2, -0.15) is 0 Å². The zero-order valence-electron chi connectivity index (χ0n) is 16.1. The lowest BCUT2D eigenvalue weighted by molar-refractivity contribution is 0.102. The summed E-state index contributed by atoms with van der Waals surface area (Å²) in [5.41, 5.74) is 4.64. The Labute approximate surface area is 193 Å². The number of carbonyl (C=O) groups excluding carboxylic acids is 1. The van der Waals surface area contributed by atoms with E-state index in [4.69, 9.17) is 28.2 Å².